The van der Waals surface area contributed by atoms with Gasteiger partial charge < -0.3 is 10.2 Å². The molecule has 1 heterocycles. The first kappa shape index (κ1) is 26.9. The van der Waals surface area contributed by atoms with Crippen molar-refractivity contribution >= 4 is 34.8 Å². The van der Waals surface area contributed by atoms with Gasteiger partial charge in [-0.1, -0.05) is 68.2 Å². The van der Waals surface area contributed by atoms with Gasteiger partial charge in [-0.25, -0.2) is 0 Å². The van der Waals surface area contributed by atoms with Gasteiger partial charge in [-0.15, -0.1) is 0 Å². The van der Waals surface area contributed by atoms with Crippen molar-refractivity contribution in [1.29, 1.82) is 0 Å². The summed E-state index contributed by atoms with van der Waals surface area (Å²) in [5, 5.41) is 6.46. The number of nitrogens with one attached hydrogen (secondary N) is 1. The van der Waals surface area contributed by atoms with Gasteiger partial charge in [0.1, 0.15) is 0 Å². The van der Waals surface area contributed by atoms with Crippen molar-refractivity contribution in [1.82, 2.24) is 14.7 Å². The third kappa shape index (κ3) is 6.70. The molecule has 1 N–H and O–H groups in total. The monoisotopic (exact) mass is 526 g/mol. The van der Waals surface area contributed by atoms with E-state index in [1.165, 1.54) is 0 Å². The molecule has 0 atom stereocenters. The van der Waals surface area contributed by atoms with E-state index < -0.39 is 16.9 Å². The first-order valence-corrected chi connectivity index (χ1v) is 11.7. The molecule has 0 spiro atoms. The van der Waals surface area contributed by atoms with Crippen molar-refractivity contribution in [3.05, 3.63) is 81.1 Å². The molecule has 35 heavy (non-hydrogen) atoms. The van der Waals surface area contributed by atoms with Crippen LogP contribution in [0.2, 0.25) is 10.0 Å². The molecule has 188 valence electrons. The molecular formula is C25H27Cl2F3N4O. The van der Waals surface area contributed by atoms with E-state index in [1.54, 1.807) is 30.1 Å². The summed E-state index contributed by atoms with van der Waals surface area (Å²) in [6.07, 6.45) is -3.54. The summed E-state index contributed by atoms with van der Waals surface area (Å²) in [6, 6.07) is 12.9. The van der Waals surface area contributed by atoms with Crippen LogP contribution in [-0.4, -0.2) is 34.2 Å². The number of aromatic nitrogens is 2. The maximum absolute atomic E-state index is 13.6. The first-order valence-electron chi connectivity index (χ1n) is 11.0. The van der Waals surface area contributed by atoms with Crippen LogP contribution in [0, 0.1) is 0 Å². The largest absolute Gasteiger partial charge is 0.436 e. The van der Waals surface area contributed by atoms with Crippen molar-refractivity contribution in [3.8, 4) is 0 Å². The van der Waals surface area contributed by atoms with Crippen LogP contribution in [0.5, 0.6) is 0 Å². The van der Waals surface area contributed by atoms with Gasteiger partial charge >= 0.3 is 6.18 Å². The molecule has 0 unspecified atom stereocenters. The number of nitrogens with zero attached hydrogens (tertiary/aromatic N) is 3. The predicted molar refractivity (Wildman–Crippen MR) is 133 cm³/mol. The normalized spacial score (nSPS) is 12.0. The predicted octanol–water partition coefficient (Wildman–Crippen LogP) is 6.89. The Morgan fingerprint density at radius 3 is 2.29 bits per heavy atom. The standard InChI is InChI=1S/C25H27Cl2F3N4O/c1-24(2,3)17-7-5-16(6-8-17)14-33(23(35)19-13-18(26)9-10-21(19)31-4)11-12-34-15-20(27)22(32-34)25(28,29)30/h5-10,13,15,31H,11-12,14H2,1-4H3. The van der Waals surface area contributed by atoms with Crippen LogP contribution in [0.15, 0.2) is 48.7 Å². The number of benzene rings is 2. The number of carbonyl (C=O) groups excluding carboxylic acids is 1. The van der Waals surface area contributed by atoms with Crippen LogP contribution >= 0.6 is 23.2 Å². The summed E-state index contributed by atoms with van der Waals surface area (Å²) in [5.41, 5.74) is 1.81. The van der Waals surface area contributed by atoms with E-state index in [9.17, 15) is 18.0 Å². The minimum absolute atomic E-state index is 0.0218. The van der Waals surface area contributed by atoms with Gasteiger partial charge in [-0.3, -0.25) is 9.48 Å². The van der Waals surface area contributed by atoms with Crippen LogP contribution in [0.3, 0.4) is 0 Å². The molecule has 0 fully saturated rings. The van der Waals surface area contributed by atoms with E-state index >= 15 is 0 Å². The fourth-order valence-corrected chi connectivity index (χ4v) is 4.02. The number of amides is 1. The van der Waals surface area contributed by atoms with E-state index in [1.807, 2.05) is 24.3 Å². The van der Waals surface area contributed by atoms with Gasteiger partial charge in [0.05, 0.1) is 17.1 Å². The van der Waals surface area contributed by atoms with Gasteiger partial charge in [0.15, 0.2) is 5.69 Å². The minimum Gasteiger partial charge on any atom is -0.387 e. The number of rotatable bonds is 7. The molecule has 0 bridgehead atoms. The average molecular weight is 527 g/mol. The lowest BCUT2D eigenvalue weighted by Gasteiger charge is -2.25. The van der Waals surface area contributed by atoms with Gasteiger partial charge in [0.25, 0.3) is 5.91 Å². The molecule has 0 aliphatic rings. The second-order valence-corrected chi connectivity index (χ2v) is 10.0. The zero-order valence-corrected chi connectivity index (χ0v) is 21.4. The Hall–Kier alpha value is -2.71. The summed E-state index contributed by atoms with van der Waals surface area (Å²) < 4.78 is 40.4. The van der Waals surface area contributed by atoms with Gasteiger partial charge in [0.2, 0.25) is 0 Å². The third-order valence-corrected chi connectivity index (χ3v) is 6.06. The molecule has 10 heteroatoms. The van der Waals surface area contributed by atoms with Crippen molar-refractivity contribution < 1.29 is 18.0 Å². The molecule has 3 aromatic rings. The Bertz CT molecular complexity index is 1180. The fraction of sp³-hybridized carbons (Fsp3) is 0.360. The highest BCUT2D eigenvalue weighted by Gasteiger charge is 2.37. The molecule has 0 aliphatic carbocycles. The molecule has 2 aromatic carbocycles. The second-order valence-electron chi connectivity index (χ2n) is 9.20. The number of anilines is 1. The van der Waals surface area contributed by atoms with Crippen LogP contribution in [0.4, 0.5) is 18.9 Å². The van der Waals surface area contributed by atoms with E-state index in [0.717, 1.165) is 22.0 Å². The third-order valence-electron chi connectivity index (χ3n) is 5.55. The van der Waals surface area contributed by atoms with Crippen LogP contribution in [0.1, 0.15) is 48.0 Å². The van der Waals surface area contributed by atoms with E-state index in [2.05, 4.69) is 31.2 Å². The summed E-state index contributed by atoms with van der Waals surface area (Å²) in [4.78, 5) is 15.1. The molecular weight excluding hydrogens is 500 g/mol. The Morgan fingerprint density at radius 1 is 1.09 bits per heavy atom. The highest BCUT2D eigenvalue weighted by atomic mass is 35.5. The average Bonchev–Trinajstić information content (AvgIpc) is 3.17. The quantitative estimate of drug-likeness (QED) is 0.364. The molecule has 0 saturated carbocycles. The summed E-state index contributed by atoms with van der Waals surface area (Å²) >= 11 is 11.9. The zero-order chi connectivity index (χ0) is 26.0. The highest BCUT2D eigenvalue weighted by molar-refractivity contribution is 6.31. The first-order chi connectivity index (χ1) is 16.3. The maximum Gasteiger partial charge on any atom is 0.436 e. The lowest BCUT2D eigenvalue weighted by Crippen LogP contribution is -2.34. The highest BCUT2D eigenvalue weighted by Crippen LogP contribution is 2.33. The SMILES string of the molecule is CNc1ccc(Cl)cc1C(=O)N(CCn1cc(Cl)c(C(F)(F)F)n1)Cc1ccc(C(C)(C)C)cc1. The van der Waals surface area contributed by atoms with Crippen molar-refractivity contribution in [2.24, 2.45) is 0 Å². The summed E-state index contributed by atoms with van der Waals surface area (Å²) in [6.45, 7) is 6.71. The Morgan fingerprint density at radius 2 is 1.74 bits per heavy atom. The Labute approximate surface area is 212 Å². The van der Waals surface area contributed by atoms with Crippen LogP contribution in [0.25, 0.3) is 0 Å². The number of hydrogen-bond acceptors (Lipinski definition) is 3. The van der Waals surface area contributed by atoms with Crippen LogP contribution in [-0.2, 0) is 24.7 Å². The van der Waals surface area contributed by atoms with Gasteiger partial charge in [-0.05, 0) is 34.7 Å². The molecule has 1 amide bonds. The number of carbonyl (C=O) groups is 1. The number of alkyl halides is 3. The van der Waals surface area contributed by atoms with E-state index in [0.29, 0.717) is 16.3 Å². The van der Waals surface area contributed by atoms with Crippen LogP contribution < -0.4 is 5.32 Å². The topological polar surface area (TPSA) is 50.2 Å². The fourth-order valence-electron chi connectivity index (χ4n) is 3.59. The van der Waals surface area contributed by atoms with Gasteiger partial charge in [0, 0.05) is 37.0 Å². The number of hydrogen-bond donors (Lipinski definition) is 1. The summed E-state index contributed by atoms with van der Waals surface area (Å²) in [7, 11) is 1.69. The summed E-state index contributed by atoms with van der Waals surface area (Å²) in [5.74, 6) is -0.314. The lowest BCUT2D eigenvalue weighted by molar-refractivity contribution is -0.141. The smallest absolute Gasteiger partial charge is 0.387 e. The van der Waals surface area contributed by atoms with Crippen molar-refractivity contribution in [2.75, 3.05) is 18.9 Å². The van der Waals surface area contributed by atoms with E-state index in [-0.39, 0.29) is 31.0 Å². The molecule has 5 nitrogen and oxygen atoms in total. The molecule has 3 rings (SSSR count). The molecule has 1 aromatic heterocycles. The van der Waals surface area contributed by atoms with Crippen molar-refractivity contribution in [2.45, 2.75) is 45.5 Å². The Balaban J connectivity index is 1.90. The zero-order valence-electron chi connectivity index (χ0n) is 19.9. The Kier molecular flexibility index (Phi) is 8.07. The lowest BCUT2D eigenvalue weighted by atomic mass is 9.87. The maximum atomic E-state index is 13.6. The number of halogens is 5. The molecule has 0 aliphatic heterocycles. The molecule has 0 saturated heterocycles. The van der Waals surface area contributed by atoms with E-state index in [4.69, 9.17) is 23.2 Å². The van der Waals surface area contributed by atoms with Gasteiger partial charge in [-0.2, -0.15) is 18.3 Å². The van der Waals surface area contributed by atoms with Crippen molar-refractivity contribution in [3.63, 3.8) is 0 Å². The molecule has 0 radical (unpaired) electrons. The second kappa shape index (κ2) is 10.5. The minimum atomic E-state index is -4.66.